The van der Waals surface area contributed by atoms with Gasteiger partial charge in [0.25, 0.3) is 0 Å². The highest BCUT2D eigenvalue weighted by Crippen LogP contribution is 2.26. The molecule has 10 heteroatoms. The molecule has 1 unspecified atom stereocenters. The number of hydrogen-bond acceptors (Lipinski definition) is 6. The zero-order valence-corrected chi connectivity index (χ0v) is 24.8. The Kier molecular flexibility index (Phi) is 13.2. The second kappa shape index (κ2) is 15.8. The standard InChI is InChI=1S/C28H42ClN5O3S/c1-7-11-25(35)31-22(15-26-32-21-13-12-20(29)14-24(21)38-26)28(37)33-23(18(5)8-2)16-30-27(36)19(6)17-34(9-3)10-4/h12-14,18,22-23H,6-11,15-17H2,1-5H3,(H,30,36)(H,31,35)(H,33,37)/t18-,22-,23?/m0/s1. The predicted molar refractivity (Wildman–Crippen MR) is 156 cm³/mol. The number of rotatable bonds is 16. The van der Waals surface area contributed by atoms with Crippen molar-refractivity contribution in [2.24, 2.45) is 5.92 Å². The highest BCUT2D eigenvalue weighted by atomic mass is 35.5. The van der Waals surface area contributed by atoms with Crippen molar-refractivity contribution in [1.82, 2.24) is 25.8 Å². The monoisotopic (exact) mass is 563 g/mol. The number of amides is 3. The normalized spacial score (nSPS) is 13.7. The van der Waals surface area contributed by atoms with Gasteiger partial charge in [-0.3, -0.25) is 19.3 Å². The van der Waals surface area contributed by atoms with Gasteiger partial charge in [-0.15, -0.1) is 11.3 Å². The van der Waals surface area contributed by atoms with Crippen molar-refractivity contribution < 1.29 is 14.4 Å². The maximum absolute atomic E-state index is 13.5. The van der Waals surface area contributed by atoms with Crippen molar-refractivity contribution in [3.8, 4) is 0 Å². The van der Waals surface area contributed by atoms with Gasteiger partial charge in [-0.1, -0.05) is 59.2 Å². The molecule has 3 amide bonds. The quantitative estimate of drug-likeness (QED) is 0.264. The van der Waals surface area contributed by atoms with Gasteiger partial charge in [-0.2, -0.15) is 0 Å². The molecule has 2 rings (SSSR count). The summed E-state index contributed by atoms with van der Waals surface area (Å²) in [7, 11) is 0. The maximum atomic E-state index is 13.5. The molecular formula is C28H42ClN5O3S. The fourth-order valence-corrected chi connectivity index (χ4v) is 5.28. The van der Waals surface area contributed by atoms with Crippen LogP contribution in [-0.2, 0) is 20.8 Å². The Hall–Kier alpha value is -2.49. The van der Waals surface area contributed by atoms with Crippen LogP contribution >= 0.6 is 22.9 Å². The first-order valence-corrected chi connectivity index (χ1v) is 14.6. The summed E-state index contributed by atoms with van der Waals surface area (Å²) >= 11 is 7.57. The Morgan fingerprint density at radius 2 is 1.84 bits per heavy atom. The summed E-state index contributed by atoms with van der Waals surface area (Å²) in [6.07, 6.45) is 2.09. The number of carbonyl (C=O) groups excluding carboxylic acids is 3. The summed E-state index contributed by atoms with van der Waals surface area (Å²) in [6.45, 7) is 16.5. The lowest BCUT2D eigenvalue weighted by Crippen LogP contribution is -2.54. The number of thiazole rings is 1. The lowest BCUT2D eigenvalue weighted by molar-refractivity contribution is -0.129. The van der Waals surface area contributed by atoms with E-state index < -0.39 is 6.04 Å². The predicted octanol–water partition coefficient (Wildman–Crippen LogP) is 4.32. The van der Waals surface area contributed by atoms with Gasteiger partial charge in [0.15, 0.2) is 0 Å². The SMILES string of the molecule is C=C(CN(CC)CC)C(=O)NCC(NC(=O)[C@H](Cc1nc2ccc(Cl)cc2s1)NC(=O)CCC)[C@@H](C)CC. The van der Waals surface area contributed by atoms with Gasteiger partial charge in [-0.05, 0) is 43.6 Å². The number of likely N-dealkylation sites (N-methyl/N-ethyl adjacent to an activating group) is 1. The Balaban J connectivity index is 2.14. The van der Waals surface area contributed by atoms with E-state index >= 15 is 0 Å². The summed E-state index contributed by atoms with van der Waals surface area (Å²) in [4.78, 5) is 45.4. The number of hydrogen-bond donors (Lipinski definition) is 3. The van der Waals surface area contributed by atoms with Gasteiger partial charge in [0.2, 0.25) is 17.7 Å². The van der Waals surface area contributed by atoms with E-state index in [0.29, 0.717) is 30.0 Å². The van der Waals surface area contributed by atoms with Crippen LogP contribution in [0.1, 0.15) is 58.9 Å². The van der Waals surface area contributed by atoms with E-state index in [1.54, 1.807) is 6.07 Å². The average Bonchev–Trinajstić information content (AvgIpc) is 3.29. The molecule has 8 nitrogen and oxygen atoms in total. The largest absolute Gasteiger partial charge is 0.350 e. The molecule has 0 spiro atoms. The van der Waals surface area contributed by atoms with Crippen LogP contribution in [0.25, 0.3) is 10.2 Å². The van der Waals surface area contributed by atoms with Crippen LogP contribution in [0.3, 0.4) is 0 Å². The number of nitrogens with zero attached hydrogens (tertiary/aromatic N) is 2. The molecule has 1 heterocycles. The molecule has 3 atom stereocenters. The van der Waals surface area contributed by atoms with Crippen molar-refractivity contribution >= 4 is 50.9 Å². The molecule has 2 aromatic rings. The first-order chi connectivity index (χ1) is 18.1. The molecule has 38 heavy (non-hydrogen) atoms. The molecule has 0 aliphatic carbocycles. The highest BCUT2D eigenvalue weighted by Gasteiger charge is 2.27. The van der Waals surface area contributed by atoms with Gasteiger partial charge in [0.1, 0.15) is 6.04 Å². The average molecular weight is 564 g/mol. The number of aromatic nitrogens is 1. The third kappa shape index (κ3) is 9.67. The molecule has 1 aromatic carbocycles. The number of fused-ring (bicyclic) bond motifs is 1. The minimum Gasteiger partial charge on any atom is -0.350 e. The Labute approximate surface area is 235 Å². The molecule has 1 aromatic heterocycles. The number of benzene rings is 1. The van der Waals surface area contributed by atoms with Crippen LogP contribution in [0.5, 0.6) is 0 Å². The zero-order valence-electron chi connectivity index (χ0n) is 23.2. The zero-order chi connectivity index (χ0) is 28.2. The maximum Gasteiger partial charge on any atom is 0.247 e. The van der Waals surface area contributed by atoms with Crippen LogP contribution in [0.2, 0.25) is 5.02 Å². The number of halogens is 1. The van der Waals surface area contributed by atoms with Gasteiger partial charge in [0.05, 0.1) is 15.2 Å². The molecule has 0 aliphatic heterocycles. The van der Waals surface area contributed by atoms with E-state index in [4.69, 9.17) is 11.6 Å². The van der Waals surface area contributed by atoms with Gasteiger partial charge >= 0.3 is 0 Å². The van der Waals surface area contributed by atoms with E-state index in [1.165, 1.54) is 11.3 Å². The molecule has 0 saturated carbocycles. The van der Waals surface area contributed by atoms with Crippen molar-refractivity contribution in [3.05, 3.63) is 40.4 Å². The Morgan fingerprint density at radius 1 is 1.13 bits per heavy atom. The van der Waals surface area contributed by atoms with Gasteiger partial charge < -0.3 is 16.0 Å². The first-order valence-electron chi connectivity index (χ1n) is 13.4. The van der Waals surface area contributed by atoms with Crippen LogP contribution in [0.15, 0.2) is 30.4 Å². The minimum absolute atomic E-state index is 0.104. The summed E-state index contributed by atoms with van der Waals surface area (Å²) in [6, 6.07) is 4.38. The smallest absolute Gasteiger partial charge is 0.247 e. The lowest BCUT2D eigenvalue weighted by atomic mass is 9.98. The van der Waals surface area contributed by atoms with E-state index in [1.807, 2.05) is 46.8 Å². The molecule has 0 radical (unpaired) electrons. The van der Waals surface area contributed by atoms with Crippen molar-refractivity contribution in [3.63, 3.8) is 0 Å². The fourth-order valence-electron chi connectivity index (χ4n) is 3.99. The van der Waals surface area contributed by atoms with Gasteiger partial charge in [-0.25, -0.2) is 4.98 Å². The molecule has 210 valence electrons. The summed E-state index contributed by atoms with van der Waals surface area (Å²) < 4.78 is 0.927. The third-order valence-electron chi connectivity index (χ3n) is 6.67. The van der Waals surface area contributed by atoms with Crippen molar-refractivity contribution in [2.75, 3.05) is 26.2 Å². The second-order valence-corrected chi connectivity index (χ2v) is 11.1. The van der Waals surface area contributed by atoms with E-state index in [-0.39, 0.29) is 42.6 Å². The first kappa shape index (κ1) is 31.7. The Morgan fingerprint density at radius 3 is 2.47 bits per heavy atom. The van der Waals surface area contributed by atoms with E-state index in [2.05, 4.69) is 32.4 Å². The lowest BCUT2D eigenvalue weighted by Gasteiger charge is -2.28. The molecule has 0 aliphatic rings. The number of carbonyl (C=O) groups is 3. The summed E-state index contributed by atoms with van der Waals surface area (Å²) in [5.41, 5.74) is 1.29. The third-order valence-corrected chi connectivity index (χ3v) is 7.95. The van der Waals surface area contributed by atoms with Crippen molar-refractivity contribution in [1.29, 1.82) is 0 Å². The molecule has 3 N–H and O–H groups in total. The van der Waals surface area contributed by atoms with Gasteiger partial charge in [0, 0.05) is 42.6 Å². The molecule has 0 saturated heterocycles. The van der Waals surface area contributed by atoms with Crippen molar-refractivity contribution in [2.45, 2.75) is 72.4 Å². The minimum atomic E-state index is -0.787. The number of nitrogens with one attached hydrogen (secondary N) is 3. The molecule has 0 bridgehead atoms. The molecular weight excluding hydrogens is 522 g/mol. The van der Waals surface area contributed by atoms with Crippen LogP contribution < -0.4 is 16.0 Å². The van der Waals surface area contributed by atoms with E-state index in [9.17, 15) is 14.4 Å². The van der Waals surface area contributed by atoms with Crippen LogP contribution in [0.4, 0.5) is 0 Å². The second-order valence-electron chi connectivity index (χ2n) is 9.57. The molecule has 0 fully saturated rings. The van der Waals surface area contributed by atoms with Crippen LogP contribution in [0, 0.1) is 5.92 Å². The topological polar surface area (TPSA) is 103 Å². The van der Waals surface area contributed by atoms with Crippen LogP contribution in [-0.4, -0.2) is 65.9 Å². The van der Waals surface area contributed by atoms with E-state index in [0.717, 1.165) is 34.7 Å². The Bertz CT molecular complexity index is 1100. The summed E-state index contributed by atoms with van der Waals surface area (Å²) in [5, 5.41) is 10.3. The summed E-state index contributed by atoms with van der Waals surface area (Å²) in [5.74, 6) is -0.599. The highest BCUT2D eigenvalue weighted by molar-refractivity contribution is 7.18. The fraction of sp³-hybridized carbons (Fsp3) is 0.571.